The van der Waals surface area contributed by atoms with Crippen LogP contribution in [0.25, 0.3) is 17.4 Å². The van der Waals surface area contributed by atoms with Crippen LogP contribution in [0, 0.1) is 0 Å². The molecule has 6 nitrogen and oxygen atoms in total. The highest BCUT2D eigenvalue weighted by Crippen LogP contribution is 2.29. The van der Waals surface area contributed by atoms with Gasteiger partial charge in [0, 0.05) is 36.8 Å². The number of nitrogens with one attached hydrogen (secondary N) is 1. The van der Waals surface area contributed by atoms with E-state index in [1.165, 1.54) is 11.8 Å². The van der Waals surface area contributed by atoms with Crippen LogP contribution in [0.5, 0.6) is 0 Å². The minimum absolute atomic E-state index is 0.0450. The van der Waals surface area contributed by atoms with Crippen molar-refractivity contribution in [3.05, 3.63) is 52.6 Å². The van der Waals surface area contributed by atoms with Crippen molar-refractivity contribution in [3.63, 3.8) is 0 Å². The van der Waals surface area contributed by atoms with Crippen molar-refractivity contribution in [1.82, 2.24) is 15.1 Å². The Bertz CT molecular complexity index is 999. The van der Waals surface area contributed by atoms with E-state index in [4.69, 9.17) is 16.6 Å². The molecule has 0 saturated carbocycles. The Labute approximate surface area is 178 Å². The van der Waals surface area contributed by atoms with E-state index in [0.29, 0.717) is 26.3 Å². The molecular weight excluding hydrogens is 406 g/mol. The Morgan fingerprint density at radius 3 is 2.86 bits per heavy atom. The molecular formula is C21H21N3O3S2. The van der Waals surface area contributed by atoms with Gasteiger partial charge < -0.3 is 19.5 Å². The summed E-state index contributed by atoms with van der Waals surface area (Å²) in [6, 6.07) is 11.1. The van der Waals surface area contributed by atoms with Crippen LogP contribution in [0.2, 0.25) is 0 Å². The molecule has 1 N–H and O–H groups in total. The molecule has 150 valence electrons. The van der Waals surface area contributed by atoms with E-state index in [1.807, 2.05) is 35.2 Å². The third kappa shape index (κ3) is 4.60. The number of furan rings is 1. The number of hydrogen-bond acceptors (Lipinski definition) is 6. The zero-order chi connectivity index (χ0) is 20.4. The number of benzene rings is 1. The third-order valence-electron chi connectivity index (χ3n) is 4.94. The molecule has 0 bridgehead atoms. The molecule has 29 heavy (non-hydrogen) atoms. The first-order chi connectivity index (χ1) is 14.0. The molecule has 2 amide bonds. The van der Waals surface area contributed by atoms with E-state index in [2.05, 4.69) is 17.3 Å². The number of likely N-dealkylation sites (N-methyl/N-ethyl adjacent to an activating group) is 1. The van der Waals surface area contributed by atoms with Gasteiger partial charge >= 0.3 is 0 Å². The van der Waals surface area contributed by atoms with Crippen molar-refractivity contribution in [2.45, 2.75) is 6.42 Å². The van der Waals surface area contributed by atoms with Crippen LogP contribution in [0.4, 0.5) is 0 Å². The molecule has 2 aliphatic heterocycles. The number of rotatable bonds is 3. The van der Waals surface area contributed by atoms with Crippen molar-refractivity contribution < 1.29 is 14.0 Å². The number of amides is 2. The molecule has 4 rings (SSSR count). The monoisotopic (exact) mass is 427 g/mol. The lowest BCUT2D eigenvalue weighted by Gasteiger charge is -2.20. The van der Waals surface area contributed by atoms with Crippen LogP contribution >= 0.6 is 24.0 Å². The molecule has 2 saturated heterocycles. The van der Waals surface area contributed by atoms with Gasteiger partial charge in [0.25, 0.3) is 11.8 Å². The Hall–Kier alpha value is -2.42. The molecule has 0 aliphatic carbocycles. The van der Waals surface area contributed by atoms with Crippen LogP contribution in [-0.4, -0.2) is 59.2 Å². The summed E-state index contributed by atoms with van der Waals surface area (Å²) in [7, 11) is 2.08. The fraction of sp³-hybridized carbons (Fsp3) is 0.286. The lowest BCUT2D eigenvalue weighted by molar-refractivity contribution is -0.115. The van der Waals surface area contributed by atoms with Gasteiger partial charge in [-0.25, -0.2) is 0 Å². The Kier molecular flexibility index (Phi) is 5.84. The van der Waals surface area contributed by atoms with Crippen molar-refractivity contribution >= 4 is 46.2 Å². The van der Waals surface area contributed by atoms with E-state index in [1.54, 1.807) is 12.1 Å². The lowest BCUT2D eigenvalue weighted by atomic mass is 10.1. The summed E-state index contributed by atoms with van der Waals surface area (Å²) >= 11 is 6.22. The highest BCUT2D eigenvalue weighted by atomic mass is 32.2. The van der Waals surface area contributed by atoms with E-state index in [0.717, 1.165) is 38.2 Å². The quantitative estimate of drug-likeness (QED) is 0.599. The van der Waals surface area contributed by atoms with Crippen molar-refractivity contribution in [1.29, 1.82) is 0 Å². The predicted octanol–water partition coefficient (Wildman–Crippen LogP) is 3.21. The first-order valence-electron chi connectivity index (χ1n) is 9.42. The minimum atomic E-state index is -0.214. The van der Waals surface area contributed by atoms with Crippen molar-refractivity contribution in [3.8, 4) is 11.3 Å². The standard InChI is InChI=1S/C21H21N3O3S2/c1-23-8-3-9-24(11-10-23)20(26)15-5-2-4-14(12-15)17-7-6-16(27-17)13-18-19(25)22-21(28)29-18/h2,4-7,12-13H,3,8-11H2,1H3,(H,22,25,28)/b18-13-. The third-order valence-corrected chi connectivity index (χ3v) is 6.11. The smallest absolute Gasteiger partial charge is 0.263 e. The number of carbonyl (C=O) groups is 2. The van der Waals surface area contributed by atoms with E-state index in [-0.39, 0.29) is 11.8 Å². The molecule has 1 aromatic heterocycles. The SMILES string of the molecule is CN1CCCN(C(=O)c2cccc(-c3ccc(/C=C4\SC(=S)NC4=O)o3)c2)CC1. The second-order valence-corrected chi connectivity index (χ2v) is 8.80. The average molecular weight is 428 g/mol. The number of nitrogens with zero attached hydrogens (tertiary/aromatic N) is 2. The zero-order valence-corrected chi connectivity index (χ0v) is 17.6. The molecule has 0 atom stereocenters. The molecule has 3 heterocycles. The fourth-order valence-electron chi connectivity index (χ4n) is 3.37. The first kappa shape index (κ1) is 19.9. The molecule has 2 aliphatic rings. The highest BCUT2D eigenvalue weighted by Gasteiger charge is 2.23. The van der Waals surface area contributed by atoms with Gasteiger partial charge in [-0.05, 0) is 44.3 Å². The molecule has 0 radical (unpaired) electrons. The zero-order valence-electron chi connectivity index (χ0n) is 16.0. The molecule has 2 aromatic rings. The van der Waals surface area contributed by atoms with Gasteiger partial charge in [-0.15, -0.1) is 0 Å². The van der Waals surface area contributed by atoms with Gasteiger partial charge in [0.15, 0.2) is 0 Å². The Balaban J connectivity index is 1.53. The van der Waals surface area contributed by atoms with Crippen molar-refractivity contribution in [2.24, 2.45) is 0 Å². The maximum absolute atomic E-state index is 13.0. The maximum Gasteiger partial charge on any atom is 0.263 e. The fourth-order valence-corrected chi connectivity index (χ4v) is 4.40. The summed E-state index contributed by atoms with van der Waals surface area (Å²) in [5.74, 6) is 1.04. The second-order valence-electron chi connectivity index (χ2n) is 7.08. The highest BCUT2D eigenvalue weighted by molar-refractivity contribution is 8.26. The second kappa shape index (κ2) is 8.52. The maximum atomic E-state index is 13.0. The van der Waals surface area contributed by atoms with Crippen LogP contribution in [0.3, 0.4) is 0 Å². The van der Waals surface area contributed by atoms with E-state index < -0.39 is 0 Å². The number of thioether (sulfide) groups is 1. The van der Waals surface area contributed by atoms with Crippen LogP contribution in [0.15, 0.2) is 45.7 Å². The predicted molar refractivity (Wildman–Crippen MR) is 118 cm³/mol. The van der Waals surface area contributed by atoms with Crippen LogP contribution in [0.1, 0.15) is 22.5 Å². The molecule has 2 fully saturated rings. The largest absolute Gasteiger partial charge is 0.457 e. The van der Waals surface area contributed by atoms with Crippen LogP contribution in [-0.2, 0) is 4.79 Å². The lowest BCUT2D eigenvalue weighted by Crippen LogP contribution is -2.34. The van der Waals surface area contributed by atoms with E-state index in [9.17, 15) is 9.59 Å². The summed E-state index contributed by atoms with van der Waals surface area (Å²) in [4.78, 5) is 29.4. The molecule has 8 heteroatoms. The summed E-state index contributed by atoms with van der Waals surface area (Å²) in [5, 5.41) is 2.58. The number of thiocarbonyl (C=S) groups is 1. The van der Waals surface area contributed by atoms with Gasteiger partial charge in [-0.3, -0.25) is 9.59 Å². The van der Waals surface area contributed by atoms with Crippen LogP contribution < -0.4 is 5.32 Å². The Morgan fingerprint density at radius 2 is 2.07 bits per heavy atom. The van der Waals surface area contributed by atoms with E-state index >= 15 is 0 Å². The first-order valence-corrected chi connectivity index (χ1v) is 10.6. The average Bonchev–Trinajstić information content (AvgIpc) is 3.23. The summed E-state index contributed by atoms with van der Waals surface area (Å²) in [5.41, 5.74) is 1.48. The van der Waals surface area contributed by atoms with Gasteiger partial charge in [0.2, 0.25) is 0 Å². The summed E-state index contributed by atoms with van der Waals surface area (Å²) < 4.78 is 6.33. The van der Waals surface area contributed by atoms with Gasteiger partial charge in [-0.1, -0.05) is 36.1 Å². The van der Waals surface area contributed by atoms with Gasteiger partial charge in [0.05, 0.1) is 4.91 Å². The minimum Gasteiger partial charge on any atom is -0.457 e. The topological polar surface area (TPSA) is 65.8 Å². The molecule has 0 spiro atoms. The molecule has 0 unspecified atom stereocenters. The molecule has 1 aromatic carbocycles. The van der Waals surface area contributed by atoms with Gasteiger partial charge in [-0.2, -0.15) is 0 Å². The number of hydrogen-bond donors (Lipinski definition) is 1. The van der Waals surface area contributed by atoms with Gasteiger partial charge in [0.1, 0.15) is 15.8 Å². The van der Waals surface area contributed by atoms with Crippen molar-refractivity contribution in [2.75, 3.05) is 33.2 Å². The Morgan fingerprint density at radius 1 is 1.21 bits per heavy atom. The summed E-state index contributed by atoms with van der Waals surface area (Å²) in [6.45, 7) is 3.40. The normalized spacial score (nSPS) is 19.5. The summed E-state index contributed by atoms with van der Waals surface area (Å²) in [6.07, 6.45) is 2.65. The number of carbonyl (C=O) groups excluding carboxylic acids is 2.